The number of carboxylic acid groups (broad SMARTS) is 1. The summed E-state index contributed by atoms with van der Waals surface area (Å²) in [4.78, 5) is 27.6. The number of aliphatic hydroxyl groups is 1. The number of nitrogens with zero attached hydrogens (tertiary/aromatic N) is 3. The summed E-state index contributed by atoms with van der Waals surface area (Å²) in [7, 11) is 0. The number of amides is 1. The lowest BCUT2D eigenvalue weighted by atomic mass is 10.2. The number of carbonyl (C=O) groups is 2. The molecule has 8 nitrogen and oxygen atoms in total. The van der Waals surface area contributed by atoms with Crippen LogP contribution in [0.2, 0.25) is 0 Å². The van der Waals surface area contributed by atoms with Crippen LogP contribution in [0.3, 0.4) is 0 Å². The van der Waals surface area contributed by atoms with E-state index in [1.165, 1.54) is 6.92 Å². The van der Waals surface area contributed by atoms with Gasteiger partial charge in [-0.2, -0.15) is 4.98 Å². The van der Waals surface area contributed by atoms with Gasteiger partial charge in [-0.3, -0.25) is 4.79 Å². The van der Waals surface area contributed by atoms with Crippen LogP contribution in [-0.2, 0) is 4.79 Å². The topological polar surface area (TPSA) is 117 Å². The molecule has 1 aromatic rings. The van der Waals surface area contributed by atoms with Gasteiger partial charge in [0, 0.05) is 19.9 Å². The monoisotopic (exact) mass is 241 g/mol. The van der Waals surface area contributed by atoms with Gasteiger partial charge in [0.15, 0.2) is 0 Å². The number of hydrogen-bond donors (Lipinski definition) is 2. The van der Waals surface area contributed by atoms with Crippen LogP contribution in [0.5, 0.6) is 0 Å². The molecular formula is C9H11N3O5. The van der Waals surface area contributed by atoms with Gasteiger partial charge in [0.25, 0.3) is 11.7 Å². The van der Waals surface area contributed by atoms with Crippen molar-refractivity contribution in [3.05, 3.63) is 11.7 Å². The first-order valence-corrected chi connectivity index (χ1v) is 5.01. The fraction of sp³-hybridized carbons (Fsp3) is 0.556. The zero-order valence-electron chi connectivity index (χ0n) is 9.03. The van der Waals surface area contributed by atoms with Crippen LogP contribution >= 0.6 is 0 Å². The number of hydrogen-bond acceptors (Lipinski definition) is 6. The Hall–Kier alpha value is -1.96. The third-order valence-electron chi connectivity index (χ3n) is 2.54. The second-order valence-corrected chi connectivity index (χ2v) is 3.84. The molecule has 2 atom stereocenters. The predicted octanol–water partition coefficient (Wildman–Crippen LogP) is -0.962. The summed E-state index contributed by atoms with van der Waals surface area (Å²) in [5.41, 5.74) is 0. The summed E-state index contributed by atoms with van der Waals surface area (Å²) in [5.74, 6) is -1.77. The third kappa shape index (κ3) is 2.11. The van der Waals surface area contributed by atoms with Crippen molar-refractivity contribution in [1.82, 2.24) is 15.0 Å². The Labute approximate surface area is 95.8 Å². The first kappa shape index (κ1) is 11.5. The summed E-state index contributed by atoms with van der Waals surface area (Å²) in [5, 5.41) is 21.8. The number of aliphatic carboxylic acids is 1. The number of β-amino-alcohol motifs (C(OH)–C–C–N with tert-alkyl or cyclic N) is 1. The Morgan fingerprint density at radius 3 is 2.76 bits per heavy atom. The highest BCUT2D eigenvalue weighted by molar-refractivity contribution is 5.93. The Morgan fingerprint density at radius 2 is 2.24 bits per heavy atom. The van der Waals surface area contributed by atoms with Gasteiger partial charge in [0.1, 0.15) is 6.04 Å². The molecule has 0 radical (unpaired) electrons. The fourth-order valence-corrected chi connectivity index (χ4v) is 1.79. The smallest absolute Gasteiger partial charge is 0.326 e. The van der Waals surface area contributed by atoms with Gasteiger partial charge in [-0.25, -0.2) is 4.79 Å². The van der Waals surface area contributed by atoms with E-state index >= 15 is 0 Å². The number of rotatable bonds is 2. The Balaban J connectivity index is 2.21. The van der Waals surface area contributed by atoms with Crippen molar-refractivity contribution in [2.45, 2.75) is 25.5 Å². The molecule has 1 amide bonds. The van der Waals surface area contributed by atoms with Gasteiger partial charge in [-0.05, 0) is 0 Å². The molecule has 1 aromatic heterocycles. The van der Waals surface area contributed by atoms with Crippen molar-refractivity contribution in [3.8, 4) is 0 Å². The number of carboxylic acids is 1. The van der Waals surface area contributed by atoms with E-state index in [1.54, 1.807) is 0 Å². The molecule has 8 heteroatoms. The predicted molar refractivity (Wildman–Crippen MR) is 52.1 cm³/mol. The SMILES string of the molecule is Cc1nc(C(=O)N2C[C@H](O)C[C@H]2C(=O)O)no1. The highest BCUT2D eigenvalue weighted by atomic mass is 16.5. The molecule has 0 unspecified atom stereocenters. The van der Waals surface area contributed by atoms with Crippen LogP contribution in [0.1, 0.15) is 22.9 Å². The minimum atomic E-state index is -1.16. The second kappa shape index (κ2) is 4.13. The zero-order chi connectivity index (χ0) is 12.6. The summed E-state index contributed by atoms with van der Waals surface area (Å²) in [6.07, 6.45) is -0.828. The van der Waals surface area contributed by atoms with Crippen molar-refractivity contribution >= 4 is 11.9 Å². The molecule has 2 rings (SSSR count). The van der Waals surface area contributed by atoms with Crippen LogP contribution in [0.25, 0.3) is 0 Å². The van der Waals surface area contributed by atoms with E-state index in [2.05, 4.69) is 14.7 Å². The first-order valence-electron chi connectivity index (χ1n) is 5.01. The lowest BCUT2D eigenvalue weighted by Crippen LogP contribution is -2.41. The average Bonchev–Trinajstić information content (AvgIpc) is 2.83. The van der Waals surface area contributed by atoms with Gasteiger partial charge in [0.05, 0.1) is 6.10 Å². The van der Waals surface area contributed by atoms with Crippen molar-refractivity contribution in [2.24, 2.45) is 0 Å². The van der Waals surface area contributed by atoms with E-state index in [0.717, 1.165) is 4.90 Å². The standard InChI is InChI=1S/C9H11N3O5/c1-4-10-7(11-17-4)8(14)12-3-5(13)2-6(12)9(15)16/h5-6,13H,2-3H2,1H3,(H,15,16)/t5-,6+/m1/s1. The van der Waals surface area contributed by atoms with Crippen molar-refractivity contribution in [2.75, 3.05) is 6.54 Å². The largest absolute Gasteiger partial charge is 0.480 e. The molecule has 17 heavy (non-hydrogen) atoms. The van der Waals surface area contributed by atoms with Gasteiger partial charge in [-0.15, -0.1) is 0 Å². The molecule has 0 bridgehead atoms. The Bertz CT molecular complexity index is 457. The molecule has 0 spiro atoms. The van der Waals surface area contributed by atoms with E-state index in [0.29, 0.717) is 0 Å². The number of aromatic nitrogens is 2. The lowest BCUT2D eigenvalue weighted by Gasteiger charge is -2.18. The average molecular weight is 241 g/mol. The van der Waals surface area contributed by atoms with Crippen LogP contribution in [0.4, 0.5) is 0 Å². The summed E-state index contributed by atoms with van der Waals surface area (Å²) in [6, 6.07) is -1.05. The molecule has 2 heterocycles. The summed E-state index contributed by atoms with van der Waals surface area (Å²) in [6.45, 7) is 1.49. The fourth-order valence-electron chi connectivity index (χ4n) is 1.79. The highest BCUT2D eigenvalue weighted by Gasteiger charge is 2.40. The van der Waals surface area contributed by atoms with E-state index in [-0.39, 0.29) is 24.7 Å². The zero-order valence-corrected chi connectivity index (χ0v) is 9.03. The lowest BCUT2D eigenvalue weighted by molar-refractivity contribution is -0.141. The highest BCUT2D eigenvalue weighted by Crippen LogP contribution is 2.20. The normalized spacial score (nSPS) is 24.0. The Morgan fingerprint density at radius 1 is 1.53 bits per heavy atom. The van der Waals surface area contributed by atoms with Gasteiger partial charge < -0.3 is 19.6 Å². The molecule has 1 saturated heterocycles. The second-order valence-electron chi connectivity index (χ2n) is 3.84. The van der Waals surface area contributed by atoms with Crippen LogP contribution in [0.15, 0.2) is 4.52 Å². The summed E-state index contributed by atoms with van der Waals surface area (Å²) < 4.78 is 4.65. The van der Waals surface area contributed by atoms with Crippen molar-refractivity contribution in [1.29, 1.82) is 0 Å². The van der Waals surface area contributed by atoms with E-state index < -0.39 is 24.0 Å². The van der Waals surface area contributed by atoms with Crippen LogP contribution in [-0.4, -0.2) is 55.8 Å². The van der Waals surface area contributed by atoms with Crippen molar-refractivity contribution in [3.63, 3.8) is 0 Å². The molecule has 0 aromatic carbocycles. The molecule has 0 aliphatic carbocycles. The minimum Gasteiger partial charge on any atom is -0.480 e. The van der Waals surface area contributed by atoms with E-state index in [1.807, 2.05) is 0 Å². The Kier molecular flexibility index (Phi) is 2.80. The molecule has 1 fully saturated rings. The summed E-state index contributed by atoms with van der Waals surface area (Å²) >= 11 is 0. The number of aliphatic hydroxyl groups excluding tert-OH is 1. The first-order chi connectivity index (χ1) is 7.99. The van der Waals surface area contributed by atoms with Gasteiger partial charge in [-0.1, -0.05) is 5.16 Å². The van der Waals surface area contributed by atoms with E-state index in [4.69, 9.17) is 5.11 Å². The molecule has 1 aliphatic heterocycles. The molecule has 92 valence electrons. The maximum atomic E-state index is 11.9. The van der Waals surface area contributed by atoms with Crippen molar-refractivity contribution < 1.29 is 24.3 Å². The van der Waals surface area contributed by atoms with Gasteiger partial charge >= 0.3 is 5.97 Å². The number of aryl methyl sites for hydroxylation is 1. The minimum absolute atomic E-state index is 0.0118. The number of likely N-dealkylation sites (tertiary alicyclic amines) is 1. The maximum absolute atomic E-state index is 11.9. The van der Waals surface area contributed by atoms with Gasteiger partial charge in [0.2, 0.25) is 5.89 Å². The molecule has 0 saturated carbocycles. The maximum Gasteiger partial charge on any atom is 0.326 e. The third-order valence-corrected chi connectivity index (χ3v) is 2.54. The number of carbonyl (C=O) groups excluding carboxylic acids is 1. The molecular weight excluding hydrogens is 230 g/mol. The van der Waals surface area contributed by atoms with Crippen LogP contribution < -0.4 is 0 Å². The molecule has 1 aliphatic rings. The van der Waals surface area contributed by atoms with Crippen LogP contribution in [0, 0.1) is 6.92 Å². The quantitative estimate of drug-likeness (QED) is 0.684. The van der Waals surface area contributed by atoms with E-state index in [9.17, 15) is 14.7 Å². The molecule has 2 N–H and O–H groups in total.